The quantitative estimate of drug-likeness (QED) is 0.602. The molecule has 0 fully saturated rings. The lowest BCUT2D eigenvalue weighted by molar-refractivity contribution is 0.0732. The van der Waals surface area contributed by atoms with Crippen molar-refractivity contribution in [2.24, 2.45) is 0 Å². The minimum Gasteiger partial charge on any atom is -0.411 e. The third-order valence-corrected chi connectivity index (χ3v) is 5.19. The lowest BCUT2D eigenvalue weighted by Crippen LogP contribution is -2.28. The van der Waals surface area contributed by atoms with Crippen molar-refractivity contribution >= 4 is 16.0 Å². The summed E-state index contributed by atoms with van der Waals surface area (Å²) in [6.45, 7) is 9.70. The first kappa shape index (κ1) is 18.5. The van der Waals surface area contributed by atoms with Crippen molar-refractivity contribution in [3.8, 4) is 11.3 Å². The van der Waals surface area contributed by atoms with Gasteiger partial charge in [0.25, 0.3) is 0 Å². The zero-order chi connectivity index (χ0) is 18.1. The molecule has 1 aromatic heterocycles. The van der Waals surface area contributed by atoms with Crippen LogP contribution < -0.4 is 0 Å². The highest BCUT2D eigenvalue weighted by Gasteiger charge is 2.34. The van der Waals surface area contributed by atoms with Crippen LogP contribution in [0.1, 0.15) is 50.7 Å². The van der Waals surface area contributed by atoms with Gasteiger partial charge >= 0.3 is 0 Å². The van der Waals surface area contributed by atoms with Gasteiger partial charge in [0.15, 0.2) is 21.8 Å². The minimum absolute atomic E-state index is 0.00640. The number of hydrogen-bond acceptors (Lipinski definition) is 4. The van der Waals surface area contributed by atoms with Gasteiger partial charge in [0, 0.05) is 0 Å². The van der Waals surface area contributed by atoms with E-state index in [4.69, 9.17) is 8.95 Å². The standard InChI is InChI=1S/C17H21F2NO3Si/c1-16(2,3)24-23-17(4,5)15-10(9-21)14(20-22-15)13-11(18)7-6-8-12(13)19/h6-9H,24H2,1-5H3. The first-order valence-electron chi connectivity index (χ1n) is 7.60. The topological polar surface area (TPSA) is 52.3 Å². The lowest BCUT2D eigenvalue weighted by Gasteiger charge is -2.28. The molecule has 0 bridgehead atoms. The highest BCUT2D eigenvalue weighted by Crippen LogP contribution is 2.36. The molecule has 2 rings (SSSR count). The molecule has 0 radical (unpaired) electrons. The highest BCUT2D eigenvalue weighted by molar-refractivity contribution is 6.31. The molecule has 130 valence electrons. The largest absolute Gasteiger partial charge is 0.411 e. The Balaban J connectivity index is 2.48. The van der Waals surface area contributed by atoms with Gasteiger partial charge in [-0.15, -0.1) is 0 Å². The Morgan fingerprint density at radius 3 is 2.25 bits per heavy atom. The van der Waals surface area contributed by atoms with Gasteiger partial charge in [-0.25, -0.2) is 8.78 Å². The summed E-state index contributed by atoms with van der Waals surface area (Å²) in [6, 6.07) is 3.46. The number of benzene rings is 1. The minimum atomic E-state index is -0.943. The highest BCUT2D eigenvalue weighted by atomic mass is 28.2. The van der Waals surface area contributed by atoms with Crippen molar-refractivity contribution in [1.82, 2.24) is 5.16 Å². The number of halogens is 2. The van der Waals surface area contributed by atoms with E-state index in [1.165, 1.54) is 6.07 Å². The predicted octanol–water partition coefficient (Wildman–Crippen LogP) is 3.99. The van der Waals surface area contributed by atoms with Crippen LogP contribution in [0.3, 0.4) is 0 Å². The molecule has 0 unspecified atom stereocenters. The van der Waals surface area contributed by atoms with Crippen LogP contribution in [0.15, 0.2) is 22.7 Å². The van der Waals surface area contributed by atoms with Crippen molar-refractivity contribution in [2.75, 3.05) is 0 Å². The lowest BCUT2D eigenvalue weighted by atomic mass is 9.98. The maximum absolute atomic E-state index is 14.0. The molecule has 1 aromatic carbocycles. The molecule has 0 amide bonds. The van der Waals surface area contributed by atoms with Crippen molar-refractivity contribution in [3.05, 3.63) is 41.2 Å². The van der Waals surface area contributed by atoms with Crippen LogP contribution in [-0.4, -0.2) is 21.2 Å². The number of carbonyl (C=O) groups is 1. The van der Waals surface area contributed by atoms with E-state index in [0.717, 1.165) is 12.1 Å². The zero-order valence-corrected chi connectivity index (χ0v) is 15.9. The van der Waals surface area contributed by atoms with Crippen LogP contribution >= 0.6 is 0 Å². The molecular weight excluding hydrogens is 332 g/mol. The molecule has 7 heteroatoms. The summed E-state index contributed by atoms with van der Waals surface area (Å²) in [5, 5.41) is 3.78. The van der Waals surface area contributed by atoms with Gasteiger partial charge in [-0.05, 0) is 31.0 Å². The number of aromatic nitrogens is 1. The first-order valence-corrected chi connectivity index (χ1v) is 8.89. The average Bonchev–Trinajstić information content (AvgIpc) is 2.89. The van der Waals surface area contributed by atoms with Gasteiger partial charge in [0.2, 0.25) is 0 Å². The summed E-state index contributed by atoms with van der Waals surface area (Å²) < 4.78 is 39.3. The van der Waals surface area contributed by atoms with Crippen molar-refractivity contribution in [2.45, 2.75) is 45.3 Å². The number of hydrogen-bond donors (Lipinski definition) is 0. The Morgan fingerprint density at radius 1 is 1.17 bits per heavy atom. The second-order valence-electron chi connectivity index (χ2n) is 7.35. The van der Waals surface area contributed by atoms with Crippen molar-refractivity contribution < 1.29 is 22.5 Å². The van der Waals surface area contributed by atoms with Crippen molar-refractivity contribution in [1.29, 1.82) is 0 Å². The third-order valence-electron chi connectivity index (χ3n) is 3.46. The molecule has 0 aliphatic rings. The number of rotatable bonds is 5. The van der Waals surface area contributed by atoms with E-state index in [9.17, 15) is 13.6 Å². The molecule has 0 saturated heterocycles. The number of nitrogens with zero attached hydrogens (tertiary/aromatic N) is 1. The van der Waals surface area contributed by atoms with Crippen LogP contribution in [0, 0.1) is 11.6 Å². The molecule has 0 atom stereocenters. The zero-order valence-electron chi connectivity index (χ0n) is 14.4. The molecule has 0 N–H and O–H groups in total. The van der Waals surface area contributed by atoms with E-state index in [1.54, 1.807) is 13.8 Å². The smallest absolute Gasteiger partial charge is 0.177 e. The van der Waals surface area contributed by atoms with Crippen molar-refractivity contribution in [3.63, 3.8) is 0 Å². The van der Waals surface area contributed by atoms with Gasteiger partial charge < -0.3 is 8.95 Å². The molecule has 0 aliphatic heterocycles. The monoisotopic (exact) mass is 353 g/mol. The van der Waals surface area contributed by atoms with E-state index in [2.05, 4.69) is 25.9 Å². The molecule has 0 saturated carbocycles. The third kappa shape index (κ3) is 3.79. The predicted molar refractivity (Wildman–Crippen MR) is 89.6 cm³/mol. The Morgan fingerprint density at radius 2 is 1.75 bits per heavy atom. The fourth-order valence-corrected chi connectivity index (χ4v) is 3.13. The van der Waals surface area contributed by atoms with Crippen LogP contribution in [-0.2, 0) is 10.0 Å². The Labute approximate surface area is 142 Å². The van der Waals surface area contributed by atoms with E-state index in [-0.39, 0.29) is 27.6 Å². The fraction of sp³-hybridized carbons (Fsp3) is 0.412. The summed E-state index contributed by atoms with van der Waals surface area (Å²) in [5.41, 5.74) is -1.43. The second-order valence-corrected chi connectivity index (χ2v) is 10.0. The summed E-state index contributed by atoms with van der Waals surface area (Å²) >= 11 is 0. The Hall–Kier alpha value is -1.86. The number of carbonyl (C=O) groups excluding carboxylic acids is 1. The average molecular weight is 353 g/mol. The van der Waals surface area contributed by atoms with Gasteiger partial charge in [0.1, 0.15) is 22.9 Å². The molecule has 0 aliphatic carbocycles. The number of aldehydes is 1. The molecule has 1 heterocycles. The summed E-state index contributed by atoms with van der Waals surface area (Å²) in [7, 11) is -0.943. The first-order chi connectivity index (χ1) is 11.1. The maximum atomic E-state index is 14.0. The van der Waals surface area contributed by atoms with Crippen LogP contribution in [0.5, 0.6) is 0 Å². The normalized spacial score (nSPS) is 13.0. The summed E-state index contributed by atoms with van der Waals surface area (Å²) in [4.78, 5) is 11.6. The molecule has 2 aromatic rings. The van der Waals surface area contributed by atoms with Crippen LogP contribution in [0.4, 0.5) is 8.78 Å². The second kappa shape index (κ2) is 6.56. The molecule has 4 nitrogen and oxygen atoms in total. The van der Waals surface area contributed by atoms with E-state index in [1.807, 2.05) is 0 Å². The SMILES string of the molecule is CC(C)(C)[SiH2]OC(C)(C)c1onc(-c2c(F)cccc2F)c1C=O. The van der Waals surface area contributed by atoms with E-state index < -0.39 is 27.0 Å². The fourth-order valence-electron chi connectivity index (χ4n) is 2.21. The van der Waals surface area contributed by atoms with E-state index >= 15 is 0 Å². The molecule has 0 spiro atoms. The summed E-state index contributed by atoms with van der Waals surface area (Å²) in [5.74, 6) is -1.44. The molecule has 24 heavy (non-hydrogen) atoms. The Bertz CT molecular complexity index is 731. The Kier molecular flexibility index (Phi) is 5.05. The van der Waals surface area contributed by atoms with Crippen LogP contribution in [0.25, 0.3) is 11.3 Å². The van der Waals surface area contributed by atoms with Gasteiger partial charge in [-0.1, -0.05) is 32.0 Å². The van der Waals surface area contributed by atoms with Gasteiger partial charge in [-0.2, -0.15) is 0 Å². The van der Waals surface area contributed by atoms with Crippen LogP contribution in [0.2, 0.25) is 5.04 Å². The van der Waals surface area contributed by atoms with Gasteiger partial charge in [-0.3, -0.25) is 4.79 Å². The molecular formula is C17H21F2NO3Si. The summed E-state index contributed by atoms with van der Waals surface area (Å²) in [6.07, 6.45) is 0.497. The maximum Gasteiger partial charge on any atom is 0.177 e. The van der Waals surface area contributed by atoms with Gasteiger partial charge in [0.05, 0.1) is 11.1 Å². The van der Waals surface area contributed by atoms with E-state index in [0.29, 0.717) is 6.29 Å².